The Balaban J connectivity index is 2.03. The molecule has 0 saturated heterocycles. The minimum Gasteiger partial charge on any atom is -0.370 e. The lowest BCUT2D eigenvalue weighted by atomic mass is 9.91. The van der Waals surface area contributed by atoms with Crippen molar-refractivity contribution in [2.75, 3.05) is 0 Å². The number of pyridine rings is 1. The van der Waals surface area contributed by atoms with Gasteiger partial charge in [-0.3, -0.25) is 9.78 Å². The Morgan fingerprint density at radius 2 is 2.00 bits per heavy atom. The fourth-order valence-corrected chi connectivity index (χ4v) is 2.97. The first kappa shape index (κ1) is 16.1. The van der Waals surface area contributed by atoms with Crippen LogP contribution in [0.5, 0.6) is 0 Å². The predicted molar refractivity (Wildman–Crippen MR) is 94.0 cm³/mol. The second-order valence-corrected chi connectivity index (χ2v) is 5.96. The lowest BCUT2D eigenvalue weighted by molar-refractivity contribution is -0.118. The molecule has 2 N–H and O–H groups in total. The first-order valence-electron chi connectivity index (χ1n) is 8.00. The number of carbonyl (C=O) groups excluding carboxylic acids is 1. The summed E-state index contributed by atoms with van der Waals surface area (Å²) >= 11 is 0. The van der Waals surface area contributed by atoms with Crippen LogP contribution in [0.4, 0.5) is 4.39 Å². The number of aromatic nitrogens is 1. The lowest BCUT2D eigenvalue weighted by Gasteiger charge is -2.14. The van der Waals surface area contributed by atoms with E-state index in [0.717, 1.165) is 34.0 Å². The van der Waals surface area contributed by atoms with Crippen molar-refractivity contribution >= 4 is 16.8 Å². The molecule has 0 fully saturated rings. The van der Waals surface area contributed by atoms with Crippen LogP contribution in [-0.2, 0) is 4.79 Å². The summed E-state index contributed by atoms with van der Waals surface area (Å²) in [7, 11) is 0. The van der Waals surface area contributed by atoms with E-state index < -0.39 is 0 Å². The minimum absolute atomic E-state index is 0.102. The highest BCUT2D eigenvalue weighted by Gasteiger charge is 2.13. The average molecular weight is 322 g/mol. The molecule has 0 bridgehead atoms. The number of nitrogens with zero attached hydrogens (tertiary/aromatic N) is 1. The van der Waals surface area contributed by atoms with Gasteiger partial charge in [-0.1, -0.05) is 25.1 Å². The third kappa shape index (κ3) is 3.43. The molecule has 1 amide bonds. The van der Waals surface area contributed by atoms with Crippen molar-refractivity contribution in [2.45, 2.75) is 25.7 Å². The molecule has 1 aromatic heterocycles. The van der Waals surface area contributed by atoms with Crippen LogP contribution in [0.2, 0.25) is 0 Å². The molecule has 0 saturated carbocycles. The molecule has 4 heteroatoms. The van der Waals surface area contributed by atoms with Crippen molar-refractivity contribution in [2.24, 2.45) is 5.73 Å². The third-order valence-corrected chi connectivity index (χ3v) is 4.28. The van der Waals surface area contributed by atoms with Crippen LogP contribution in [0, 0.1) is 5.82 Å². The minimum atomic E-state index is -0.298. The second-order valence-electron chi connectivity index (χ2n) is 5.96. The van der Waals surface area contributed by atoms with Crippen molar-refractivity contribution < 1.29 is 9.18 Å². The van der Waals surface area contributed by atoms with Crippen LogP contribution in [-0.4, -0.2) is 10.9 Å². The molecule has 3 rings (SSSR count). The molecule has 0 radical (unpaired) electrons. The topological polar surface area (TPSA) is 56.0 Å². The normalized spacial score (nSPS) is 12.2. The quantitative estimate of drug-likeness (QED) is 0.756. The summed E-state index contributed by atoms with van der Waals surface area (Å²) in [6, 6.07) is 14.4. The number of benzene rings is 2. The number of fused-ring (bicyclic) bond motifs is 1. The van der Waals surface area contributed by atoms with Gasteiger partial charge in [0.05, 0.1) is 5.52 Å². The summed E-state index contributed by atoms with van der Waals surface area (Å²) in [5.74, 6) is -0.466. The smallest absolute Gasteiger partial charge is 0.218 e. The van der Waals surface area contributed by atoms with Gasteiger partial charge in [-0.2, -0.15) is 0 Å². The maximum absolute atomic E-state index is 13.4. The van der Waals surface area contributed by atoms with Crippen LogP contribution >= 0.6 is 0 Å². The molecule has 1 heterocycles. The molecule has 0 spiro atoms. The lowest BCUT2D eigenvalue weighted by Crippen LogP contribution is -2.15. The molecular formula is C20H19FN2O. The van der Waals surface area contributed by atoms with E-state index in [4.69, 9.17) is 5.73 Å². The first-order chi connectivity index (χ1) is 11.6. The Hall–Kier alpha value is -2.75. The molecule has 1 unspecified atom stereocenters. The molecule has 0 aliphatic rings. The van der Waals surface area contributed by atoms with Gasteiger partial charge in [0.15, 0.2) is 0 Å². The van der Waals surface area contributed by atoms with Gasteiger partial charge >= 0.3 is 0 Å². The van der Waals surface area contributed by atoms with Crippen LogP contribution < -0.4 is 5.73 Å². The first-order valence-corrected chi connectivity index (χ1v) is 8.00. The van der Waals surface area contributed by atoms with Gasteiger partial charge in [0.25, 0.3) is 0 Å². The highest BCUT2D eigenvalue weighted by atomic mass is 19.1. The highest BCUT2D eigenvalue weighted by molar-refractivity contribution is 5.84. The van der Waals surface area contributed by atoms with E-state index in [0.29, 0.717) is 6.42 Å². The zero-order chi connectivity index (χ0) is 17.1. The number of nitrogens with two attached hydrogens (primary N) is 1. The molecule has 122 valence electrons. The van der Waals surface area contributed by atoms with Gasteiger partial charge in [-0.05, 0) is 53.8 Å². The number of hydrogen-bond acceptors (Lipinski definition) is 2. The van der Waals surface area contributed by atoms with Gasteiger partial charge in [0.1, 0.15) is 5.82 Å². The maximum Gasteiger partial charge on any atom is 0.218 e. The Morgan fingerprint density at radius 3 is 2.71 bits per heavy atom. The average Bonchev–Trinajstić information content (AvgIpc) is 2.58. The number of amides is 1. The molecule has 3 aromatic rings. The number of rotatable bonds is 5. The number of carbonyl (C=O) groups is 1. The summed E-state index contributed by atoms with van der Waals surface area (Å²) in [6.07, 6.45) is 2.92. The molecule has 24 heavy (non-hydrogen) atoms. The standard InChI is InChI=1S/C20H19FN2O/c1-2-13(11-20(22)24)15-6-7-19-16(8-15)9-17(12-23-19)14-4-3-5-18(21)10-14/h3-10,12-13H,2,11H2,1H3,(H2,22,24). The number of primary amides is 1. The van der Waals surface area contributed by atoms with Crippen LogP contribution in [0.25, 0.3) is 22.0 Å². The van der Waals surface area contributed by atoms with Crippen LogP contribution in [0.15, 0.2) is 54.7 Å². The molecular weight excluding hydrogens is 303 g/mol. The molecule has 0 aliphatic carbocycles. The zero-order valence-electron chi connectivity index (χ0n) is 13.5. The third-order valence-electron chi connectivity index (χ3n) is 4.28. The second kappa shape index (κ2) is 6.79. The van der Waals surface area contributed by atoms with E-state index in [-0.39, 0.29) is 17.6 Å². The zero-order valence-corrected chi connectivity index (χ0v) is 13.5. The van der Waals surface area contributed by atoms with E-state index in [1.807, 2.05) is 37.3 Å². The van der Waals surface area contributed by atoms with E-state index >= 15 is 0 Å². The Morgan fingerprint density at radius 1 is 1.17 bits per heavy atom. The highest BCUT2D eigenvalue weighted by Crippen LogP contribution is 2.28. The summed E-state index contributed by atoms with van der Waals surface area (Å²) in [6.45, 7) is 2.04. The Bertz CT molecular complexity index is 892. The molecule has 1 atom stereocenters. The van der Waals surface area contributed by atoms with Crippen molar-refractivity contribution in [1.29, 1.82) is 0 Å². The van der Waals surface area contributed by atoms with Gasteiger partial charge in [0.2, 0.25) is 5.91 Å². The summed E-state index contributed by atoms with van der Waals surface area (Å²) in [5, 5.41) is 0.970. The fraction of sp³-hybridized carbons (Fsp3) is 0.200. The van der Waals surface area contributed by atoms with Gasteiger partial charge < -0.3 is 5.73 Å². The summed E-state index contributed by atoms with van der Waals surface area (Å²) in [5.41, 5.74) is 8.94. The largest absolute Gasteiger partial charge is 0.370 e. The summed E-state index contributed by atoms with van der Waals surface area (Å²) in [4.78, 5) is 15.7. The number of halogens is 1. The van der Waals surface area contributed by atoms with Gasteiger partial charge in [0, 0.05) is 23.6 Å². The summed E-state index contributed by atoms with van der Waals surface area (Å²) < 4.78 is 13.4. The molecule has 0 aliphatic heterocycles. The monoisotopic (exact) mass is 322 g/mol. The van der Waals surface area contributed by atoms with Crippen molar-refractivity contribution in [1.82, 2.24) is 4.98 Å². The Kier molecular flexibility index (Phi) is 4.56. The predicted octanol–water partition coefficient (Wildman–Crippen LogP) is 4.41. The van der Waals surface area contributed by atoms with Crippen LogP contribution in [0.3, 0.4) is 0 Å². The van der Waals surface area contributed by atoms with Crippen molar-refractivity contribution in [3.8, 4) is 11.1 Å². The van der Waals surface area contributed by atoms with E-state index in [9.17, 15) is 9.18 Å². The van der Waals surface area contributed by atoms with Crippen molar-refractivity contribution in [3.05, 3.63) is 66.1 Å². The van der Waals surface area contributed by atoms with E-state index in [1.165, 1.54) is 12.1 Å². The number of hydrogen-bond donors (Lipinski definition) is 1. The molecule has 2 aromatic carbocycles. The van der Waals surface area contributed by atoms with E-state index in [2.05, 4.69) is 4.98 Å². The SMILES string of the molecule is CCC(CC(N)=O)c1ccc2ncc(-c3cccc(F)c3)cc2c1. The van der Waals surface area contributed by atoms with Crippen molar-refractivity contribution in [3.63, 3.8) is 0 Å². The molecule has 3 nitrogen and oxygen atoms in total. The fourth-order valence-electron chi connectivity index (χ4n) is 2.97. The van der Waals surface area contributed by atoms with Gasteiger partial charge in [-0.15, -0.1) is 0 Å². The van der Waals surface area contributed by atoms with Crippen LogP contribution in [0.1, 0.15) is 31.2 Å². The Labute approximate surface area is 140 Å². The van der Waals surface area contributed by atoms with E-state index in [1.54, 1.807) is 12.3 Å². The maximum atomic E-state index is 13.4. The van der Waals surface area contributed by atoms with Gasteiger partial charge in [-0.25, -0.2) is 4.39 Å².